The van der Waals surface area contributed by atoms with Crippen molar-refractivity contribution >= 4 is 12.6 Å². The van der Waals surface area contributed by atoms with Crippen LogP contribution in [-0.2, 0) is 4.74 Å². The first-order valence-electron chi connectivity index (χ1n) is 3.07. The van der Waals surface area contributed by atoms with Crippen LogP contribution in [0, 0.1) is 0 Å². The van der Waals surface area contributed by atoms with E-state index in [4.69, 9.17) is 4.74 Å². The number of hydrogen-bond acceptors (Lipinski definition) is 1. The van der Waals surface area contributed by atoms with Crippen LogP contribution in [0.25, 0.3) is 0 Å². The molecular formula is C6H13OS. The SMILES string of the molecule is CCCCOCC[S]. The molecule has 0 aromatic rings. The quantitative estimate of drug-likeness (QED) is 0.521. The lowest BCUT2D eigenvalue weighted by Gasteiger charge is -1.97. The molecule has 0 aliphatic heterocycles. The largest absolute Gasteiger partial charge is 0.381 e. The minimum atomic E-state index is 0.726. The molecule has 0 saturated heterocycles. The van der Waals surface area contributed by atoms with Gasteiger partial charge >= 0.3 is 0 Å². The summed E-state index contributed by atoms with van der Waals surface area (Å²) in [4.78, 5) is 0. The van der Waals surface area contributed by atoms with E-state index >= 15 is 0 Å². The summed E-state index contributed by atoms with van der Waals surface area (Å²) in [7, 11) is 0. The summed E-state index contributed by atoms with van der Waals surface area (Å²) in [6.45, 7) is 3.78. The second-order valence-corrected chi connectivity index (χ2v) is 2.08. The van der Waals surface area contributed by atoms with Gasteiger partial charge in [0.15, 0.2) is 0 Å². The standard InChI is InChI=1S/C6H13OS/c1-2-3-4-7-5-6-8/h2-6H2,1H3. The van der Waals surface area contributed by atoms with E-state index in [2.05, 4.69) is 19.6 Å². The molecule has 0 aromatic carbocycles. The lowest BCUT2D eigenvalue weighted by molar-refractivity contribution is 0.147. The summed E-state index contributed by atoms with van der Waals surface area (Å²) in [5, 5.41) is 0. The number of unbranched alkanes of at least 4 members (excludes halogenated alkanes) is 1. The monoisotopic (exact) mass is 133 g/mol. The molecule has 1 radical (unpaired) electrons. The van der Waals surface area contributed by atoms with Gasteiger partial charge in [0.2, 0.25) is 0 Å². The Morgan fingerprint density at radius 1 is 1.38 bits per heavy atom. The van der Waals surface area contributed by atoms with E-state index in [0.29, 0.717) is 0 Å². The third-order valence-corrected chi connectivity index (χ3v) is 1.04. The van der Waals surface area contributed by atoms with E-state index in [1.54, 1.807) is 0 Å². The molecule has 0 saturated carbocycles. The van der Waals surface area contributed by atoms with Crippen molar-refractivity contribution in [3.05, 3.63) is 0 Å². The van der Waals surface area contributed by atoms with Gasteiger partial charge in [0, 0.05) is 12.4 Å². The van der Waals surface area contributed by atoms with Gasteiger partial charge in [-0.05, 0) is 6.42 Å². The molecule has 1 nitrogen and oxygen atoms in total. The minimum absolute atomic E-state index is 0.726. The van der Waals surface area contributed by atoms with E-state index in [1.165, 1.54) is 6.42 Å². The zero-order chi connectivity index (χ0) is 6.24. The van der Waals surface area contributed by atoms with Crippen molar-refractivity contribution in [1.29, 1.82) is 0 Å². The van der Waals surface area contributed by atoms with E-state index in [1.807, 2.05) is 0 Å². The van der Waals surface area contributed by atoms with Gasteiger partial charge in [0.25, 0.3) is 0 Å². The highest BCUT2D eigenvalue weighted by molar-refractivity contribution is 7.80. The smallest absolute Gasteiger partial charge is 0.0565 e. The summed E-state index contributed by atoms with van der Waals surface area (Å²) in [5.74, 6) is 0.726. The second-order valence-electron chi connectivity index (χ2n) is 1.67. The Morgan fingerprint density at radius 3 is 2.62 bits per heavy atom. The van der Waals surface area contributed by atoms with Crippen molar-refractivity contribution < 1.29 is 4.74 Å². The molecule has 8 heavy (non-hydrogen) atoms. The van der Waals surface area contributed by atoms with Gasteiger partial charge in [-0.3, -0.25) is 0 Å². The maximum Gasteiger partial charge on any atom is 0.0565 e. The van der Waals surface area contributed by atoms with Crippen molar-refractivity contribution in [1.82, 2.24) is 0 Å². The first kappa shape index (κ1) is 8.31. The van der Waals surface area contributed by atoms with Crippen molar-refractivity contribution in [3.63, 3.8) is 0 Å². The fraction of sp³-hybridized carbons (Fsp3) is 1.00. The molecule has 0 unspecified atom stereocenters. The van der Waals surface area contributed by atoms with Crippen molar-refractivity contribution in [2.45, 2.75) is 19.8 Å². The summed E-state index contributed by atoms with van der Waals surface area (Å²) in [5.41, 5.74) is 0. The zero-order valence-electron chi connectivity index (χ0n) is 5.35. The number of rotatable bonds is 5. The Bertz CT molecular complexity index is 33.5. The third kappa shape index (κ3) is 6.31. The van der Waals surface area contributed by atoms with Crippen LogP contribution in [-0.4, -0.2) is 19.0 Å². The van der Waals surface area contributed by atoms with Crippen LogP contribution >= 0.6 is 12.6 Å². The third-order valence-electron chi connectivity index (χ3n) is 0.870. The van der Waals surface area contributed by atoms with Crippen molar-refractivity contribution in [3.8, 4) is 0 Å². The maximum absolute atomic E-state index is 5.12. The van der Waals surface area contributed by atoms with Gasteiger partial charge in [0.1, 0.15) is 0 Å². The van der Waals surface area contributed by atoms with Crippen LogP contribution in [0.5, 0.6) is 0 Å². The van der Waals surface area contributed by atoms with Gasteiger partial charge in [-0.1, -0.05) is 26.0 Å². The van der Waals surface area contributed by atoms with Crippen LogP contribution in [0.15, 0.2) is 0 Å². The van der Waals surface area contributed by atoms with E-state index in [0.717, 1.165) is 25.4 Å². The molecule has 0 N–H and O–H groups in total. The molecule has 0 spiro atoms. The van der Waals surface area contributed by atoms with Gasteiger partial charge in [-0.2, -0.15) is 0 Å². The van der Waals surface area contributed by atoms with E-state index < -0.39 is 0 Å². The van der Waals surface area contributed by atoms with Crippen LogP contribution in [0.2, 0.25) is 0 Å². The van der Waals surface area contributed by atoms with Gasteiger partial charge < -0.3 is 4.74 Å². The van der Waals surface area contributed by atoms with Gasteiger partial charge in [-0.25, -0.2) is 0 Å². The lowest BCUT2D eigenvalue weighted by atomic mass is 10.4. The molecule has 0 aromatic heterocycles. The zero-order valence-corrected chi connectivity index (χ0v) is 6.17. The number of hydrogen-bond donors (Lipinski definition) is 0. The Morgan fingerprint density at radius 2 is 2.12 bits per heavy atom. The molecule has 0 aliphatic carbocycles. The van der Waals surface area contributed by atoms with Crippen molar-refractivity contribution in [2.24, 2.45) is 0 Å². The van der Waals surface area contributed by atoms with Crippen molar-refractivity contribution in [2.75, 3.05) is 19.0 Å². The molecule has 0 rings (SSSR count). The first-order chi connectivity index (χ1) is 3.91. The van der Waals surface area contributed by atoms with Crippen LogP contribution < -0.4 is 0 Å². The van der Waals surface area contributed by atoms with E-state index in [9.17, 15) is 0 Å². The Balaban J connectivity index is 2.53. The Labute approximate surface area is 56.8 Å². The fourth-order valence-electron chi connectivity index (χ4n) is 0.407. The molecule has 2 heteroatoms. The van der Waals surface area contributed by atoms with Crippen LogP contribution in [0.4, 0.5) is 0 Å². The van der Waals surface area contributed by atoms with Crippen LogP contribution in [0.1, 0.15) is 19.8 Å². The molecule has 0 heterocycles. The highest BCUT2D eigenvalue weighted by Crippen LogP contribution is 1.87. The first-order valence-corrected chi connectivity index (χ1v) is 3.65. The highest BCUT2D eigenvalue weighted by Gasteiger charge is 1.82. The summed E-state index contributed by atoms with van der Waals surface area (Å²) in [6, 6.07) is 0. The fourth-order valence-corrected chi connectivity index (χ4v) is 0.525. The Hall–Kier alpha value is 0.310. The molecule has 0 amide bonds. The van der Waals surface area contributed by atoms with E-state index in [-0.39, 0.29) is 0 Å². The average Bonchev–Trinajstić information content (AvgIpc) is 1.81. The second kappa shape index (κ2) is 7.31. The molecule has 0 atom stereocenters. The molecule has 0 fully saturated rings. The van der Waals surface area contributed by atoms with Gasteiger partial charge in [-0.15, -0.1) is 0 Å². The summed E-state index contributed by atoms with van der Waals surface area (Å²) in [6.07, 6.45) is 2.37. The molecule has 0 bridgehead atoms. The maximum atomic E-state index is 5.12. The minimum Gasteiger partial charge on any atom is -0.381 e. The average molecular weight is 133 g/mol. The summed E-state index contributed by atoms with van der Waals surface area (Å²) >= 11 is 4.68. The lowest BCUT2D eigenvalue weighted by Crippen LogP contribution is -1.96. The predicted octanol–water partition coefficient (Wildman–Crippen LogP) is 2.00. The topological polar surface area (TPSA) is 9.23 Å². The highest BCUT2D eigenvalue weighted by atomic mass is 32.1. The molecular weight excluding hydrogens is 120 g/mol. The number of ether oxygens (including phenoxy) is 1. The van der Waals surface area contributed by atoms with Crippen LogP contribution in [0.3, 0.4) is 0 Å². The van der Waals surface area contributed by atoms with Gasteiger partial charge in [0.05, 0.1) is 6.61 Å². The summed E-state index contributed by atoms with van der Waals surface area (Å²) < 4.78 is 5.12. The molecule has 0 aliphatic rings. The Kier molecular flexibility index (Phi) is 7.59. The molecule has 49 valence electrons. The normalized spacial score (nSPS) is 9.75. The predicted molar refractivity (Wildman–Crippen MR) is 38.2 cm³/mol.